The van der Waals surface area contributed by atoms with Crippen molar-refractivity contribution in [3.8, 4) is 5.75 Å². The molecule has 4 heteroatoms. The number of hydrogen-bond donors (Lipinski definition) is 1. The van der Waals surface area contributed by atoms with Crippen LogP contribution in [-0.2, 0) is 6.54 Å². The fraction of sp³-hybridized carbons (Fsp3) is 0.444. The van der Waals surface area contributed by atoms with Crippen LogP contribution in [0.5, 0.6) is 5.75 Å². The van der Waals surface area contributed by atoms with Gasteiger partial charge in [-0.15, -0.1) is 0 Å². The van der Waals surface area contributed by atoms with Gasteiger partial charge in [0, 0.05) is 24.4 Å². The third kappa shape index (κ3) is 1.95. The maximum absolute atomic E-state index is 12.7. The third-order valence-electron chi connectivity index (χ3n) is 1.95. The van der Waals surface area contributed by atoms with Gasteiger partial charge in [0.25, 0.3) is 0 Å². The molecule has 0 aromatic carbocycles. The molecule has 1 aromatic rings. The minimum absolute atomic E-state index is 0.257. The molecule has 1 saturated carbocycles. The van der Waals surface area contributed by atoms with Gasteiger partial charge >= 0.3 is 0 Å². The van der Waals surface area contributed by atoms with Gasteiger partial charge in [-0.3, -0.25) is 0 Å². The van der Waals surface area contributed by atoms with E-state index in [1.807, 2.05) is 0 Å². The minimum Gasteiger partial charge on any atom is -0.490 e. The molecule has 70 valence electrons. The quantitative estimate of drug-likeness (QED) is 0.715. The van der Waals surface area contributed by atoms with Crippen LogP contribution in [0.3, 0.4) is 0 Å². The first kappa shape index (κ1) is 8.44. The summed E-state index contributed by atoms with van der Waals surface area (Å²) in [5, 5.41) is 0. The Kier molecular flexibility index (Phi) is 2.14. The smallest absolute Gasteiger partial charge is 0.216 e. The average Bonchev–Trinajstić information content (AvgIpc) is 2.89. The summed E-state index contributed by atoms with van der Waals surface area (Å²) in [6.07, 6.45) is 3.78. The van der Waals surface area contributed by atoms with E-state index in [1.54, 1.807) is 0 Å². The molecule has 3 nitrogen and oxygen atoms in total. The first-order valence-corrected chi connectivity index (χ1v) is 4.30. The summed E-state index contributed by atoms with van der Waals surface area (Å²) in [6.45, 7) is 0.329. The van der Waals surface area contributed by atoms with Crippen molar-refractivity contribution in [1.82, 2.24) is 4.98 Å². The zero-order valence-electron chi connectivity index (χ0n) is 7.16. The van der Waals surface area contributed by atoms with Crippen molar-refractivity contribution in [2.45, 2.75) is 25.5 Å². The lowest BCUT2D eigenvalue weighted by Gasteiger charge is -2.08. The summed E-state index contributed by atoms with van der Waals surface area (Å²) in [6, 6.07) is 1.29. The molecule has 0 atom stereocenters. The van der Waals surface area contributed by atoms with E-state index in [-0.39, 0.29) is 6.10 Å². The SMILES string of the molecule is NCc1cnc(F)cc1OC1CC1. The molecule has 0 spiro atoms. The zero-order valence-corrected chi connectivity index (χ0v) is 7.16. The van der Waals surface area contributed by atoms with E-state index >= 15 is 0 Å². The molecule has 1 heterocycles. The van der Waals surface area contributed by atoms with Crippen LogP contribution < -0.4 is 10.5 Å². The van der Waals surface area contributed by atoms with E-state index in [1.165, 1.54) is 12.3 Å². The normalized spacial score (nSPS) is 15.8. The highest BCUT2D eigenvalue weighted by atomic mass is 19.1. The van der Waals surface area contributed by atoms with Gasteiger partial charge in [-0.05, 0) is 12.8 Å². The Bertz CT molecular complexity index is 312. The number of hydrogen-bond acceptors (Lipinski definition) is 3. The Balaban J connectivity index is 2.22. The summed E-state index contributed by atoms with van der Waals surface area (Å²) in [4.78, 5) is 3.51. The molecule has 2 rings (SSSR count). The molecule has 13 heavy (non-hydrogen) atoms. The lowest BCUT2D eigenvalue weighted by Crippen LogP contribution is -2.05. The van der Waals surface area contributed by atoms with Crippen molar-refractivity contribution in [2.75, 3.05) is 0 Å². The number of nitrogens with zero attached hydrogens (tertiary/aromatic N) is 1. The zero-order chi connectivity index (χ0) is 9.26. The van der Waals surface area contributed by atoms with Crippen molar-refractivity contribution in [2.24, 2.45) is 5.73 Å². The van der Waals surface area contributed by atoms with Crippen molar-refractivity contribution in [1.29, 1.82) is 0 Å². The number of halogens is 1. The molecule has 1 fully saturated rings. The Labute approximate surface area is 75.7 Å². The number of aromatic nitrogens is 1. The second-order valence-corrected chi connectivity index (χ2v) is 3.14. The maximum Gasteiger partial charge on any atom is 0.216 e. The van der Waals surface area contributed by atoms with Crippen LogP contribution in [0.25, 0.3) is 0 Å². The molecule has 0 amide bonds. The molecular weight excluding hydrogens is 171 g/mol. The van der Waals surface area contributed by atoms with Crippen molar-refractivity contribution >= 4 is 0 Å². The van der Waals surface area contributed by atoms with E-state index in [2.05, 4.69) is 4.98 Å². The van der Waals surface area contributed by atoms with Gasteiger partial charge < -0.3 is 10.5 Å². The van der Waals surface area contributed by atoms with Crippen LogP contribution in [0.2, 0.25) is 0 Å². The lowest BCUT2D eigenvalue weighted by molar-refractivity contribution is 0.297. The van der Waals surface area contributed by atoms with Crippen LogP contribution in [0, 0.1) is 5.95 Å². The molecule has 0 unspecified atom stereocenters. The van der Waals surface area contributed by atoms with Gasteiger partial charge in [-0.1, -0.05) is 0 Å². The second-order valence-electron chi connectivity index (χ2n) is 3.14. The Hall–Kier alpha value is -1.16. The molecule has 0 aliphatic heterocycles. The van der Waals surface area contributed by atoms with Crippen LogP contribution in [0.1, 0.15) is 18.4 Å². The van der Waals surface area contributed by atoms with Gasteiger partial charge in [-0.2, -0.15) is 4.39 Å². The van der Waals surface area contributed by atoms with Gasteiger partial charge in [0.15, 0.2) is 0 Å². The fourth-order valence-corrected chi connectivity index (χ4v) is 1.07. The molecule has 2 N–H and O–H groups in total. The fourth-order valence-electron chi connectivity index (χ4n) is 1.07. The number of nitrogens with two attached hydrogens (primary N) is 1. The van der Waals surface area contributed by atoms with E-state index in [4.69, 9.17) is 10.5 Å². The van der Waals surface area contributed by atoms with Crippen molar-refractivity contribution < 1.29 is 9.13 Å². The van der Waals surface area contributed by atoms with E-state index in [0.717, 1.165) is 18.4 Å². The monoisotopic (exact) mass is 182 g/mol. The van der Waals surface area contributed by atoms with E-state index < -0.39 is 5.95 Å². The number of pyridine rings is 1. The largest absolute Gasteiger partial charge is 0.490 e. The van der Waals surface area contributed by atoms with Crippen LogP contribution in [-0.4, -0.2) is 11.1 Å². The standard InChI is InChI=1S/C9H11FN2O/c10-9-3-8(13-7-1-2-7)6(4-11)5-12-9/h3,5,7H,1-2,4,11H2. The summed E-state index contributed by atoms with van der Waals surface area (Å²) >= 11 is 0. The molecule has 0 radical (unpaired) electrons. The van der Waals surface area contributed by atoms with Crippen LogP contribution >= 0.6 is 0 Å². The highest BCUT2D eigenvalue weighted by molar-refractivity contribution is 5.30. The van der Waals surface area contributed by atoms with E-state index in [0.29, 0.717) is 12.3 Å². The Morgan fingerprint density at radius 2 is 2.38 bits per heavy atom. The highest BCUT2D eigenvalue weighted by Crippen LogP contribution is 2.28. The highest BCUT2D eigenvalue weighted by Gasteiger charge is 2.24. The van der Waals surface area contributed by atoms with E-state index in [9.17, 15) is 4.39 Å². The molecule has 1 aromatic heterocycles. The third-order valence-corrected chi connectivity index (χ3v) is 1.95. The Morgan fingerprint density at radius 1 is 1.62 bits per heavy atom. The summed E-state index contributed by atoms with van der Waals surface area (Å²) in [7, 11) is 0. The summed E-state index contributed by atoms with van der Waals surface area (Å²) < 4.78 is 18.2. The summed E-state index contributed by atoms with van der Waals surface area (Å²) in [5.41, 5.74) is 6.21. The minimum atomic E-state index is -0.521. The predicted molar refractivity (Wildman–Crippen MR) is 45.7 cm³/mol. The Morgan fingerprint density at radius 3 is 3.00 bits per heavy atom. The van der Waals surface area contributed by atoms with Crippen molar-refractivity contribution in [3.05, 3.63) is 23.8 Å². The van der Waals surface area contributed by atoms with Gasteiger partial charge in [0.2, 0.25) is 5.95 Å². The average molecular weight is 182 g/mol. The topological polar surface area (TPSA) is 48.1 Å². The molecule has 1 aliphatic carbocycles. The number of ether oxygens (including phenoxy) is 1. The molecule has 0 saturated heterocycles. The van der Waals surface area contributed by atoms with Crippen LogP contribution in [0.15, 0.2) is 12.3 Å². The van der Waals surface area contributed by atoms with Gasteiger partial charge in [0.05, 0.1) is 6.10 Å². The second kappa shape index (κ2) is 3.30. The van der Waals surface area contributed by atoms with Crippen molar-refractivity contribution in [3.63, 3.8) is 0 Å². The molecule has 1 aliphatic rings. The van der Waals surface area contributed by atoms with Gasteiger partial charge in [0.1, 0.15) is 5.75 Å². The molecule has 0 bridgehead atoms. The lowest BCUT2D eigenvalue weighted by atomic mass is 10.2. The first-order valence-electron chi connectivity index (χ1n) is 4.30. The molecular formula is C9H11FN2O. The predicted octanol–water partition coefficient (Wildman–Crippen LogP) is 1.22. The van der Waals surface area contributed by atoms with Crippen LogP contribution in [0.4, 0.5) is 4.39 Å². The first-order chi connectivity index (χ1) is 6.29. The number of rotatable bonds is 3. The maximum atomic E-state index is 12.7. The van der Waals surface area contributed by atoms with Gasteiger partial charge in [-0.25, -0.2) is 4.98 Å². The summed E-state index contributed by atoms with van der Waals surface area (Å²) in [5.74, 6) is 0.0188.